The molecule has 3 nitrogen and oxygen atoms in total. The summed E-state index contributed by atoms with van der Waals surface area (Å²) in [5, 5.41) is 2.61. The minimum absolute atomic E-state index is 0.132. The van der Waals surface area contributed by atoms with E-state index in [0.717, 1.165) is 5.56 Å². The predicted molar refractivity (Wildman–Crippen MR) is 49.6 cm³/mol. The number of carbonyl (C=O) groups excluding carboxylic acids is 1. The molecule has 0 aliphatic heterocycles. The minimum Gasteiger partial charge on any atom is -0.397 e. The molecule has 1 aromatic rings. The Kier molecular flexibility index (Phi) is 2.33. The van der Waals surface area contributed by atoms with E-state index >= 15 is 0 Å². The van der Waals surface area contributed by atoms with Gasteiger partial charge in [0.1, 0.15) is 0 Å². The van der Waals surface area contributed by atoms with E-state index in [1.807, 2.05) is 0 Å². The highest BCUT2D eigenvalue weighted by Crippen LogP contribution is 2.18. The van der Waals surface area contributed by atoms with Gasteiger partial charge in [-0.25, -0.2) is 0 Å². The molecule has 63 valence electrons. The van der Waals surface area contributed by atoms with Crippen molar-refractivity contribution in [3.8, 4) is 0 Å². The molecule has 12 heavy (non-hydrogen) atoms. The summed E-state index contributed by atoms with van der Waals surface area (Å²) in [5.74, 6) is -0.132. The Morgan fingerprint density at radius 3 is 2.83 bits per heavy atom. The Hall–Kier alpha value is -1.51. The molecule has 3 heteroatoms. The van der Waals surface area contributed by atoms with Gasteiger partial charge in [0.15, 0.2) is 0 Å². The van der Waals surface area contributed by atoms with Crippen LogP contribution in [0.2, 0.25) is 0 Å². The summed E-state index contributed by atoms with van der Waals surface area (Å²) in [6, 6.07) is 5.24. The Balaban J connectivity index is 2.97. The van der Waals surface area contributed by atoms with Gasteiger partial charge < -0.3 is 11.1 Å². The second-order valence-corrected chi connectivity index (χ2v) is 2.60. The van der Waals surface area contributed by atoms with Crippen molar-refractivity contribution in [1.29, 1.82) is 0 Å². The maximum absolute atomic E-state index is 10.7. The second-order valence-electron chi connectivity index (χ2n) is 2.60. The number of carbonyl (C=O) groups is 1. The van der Waals surface area contributed by atoms with Crippen LogP contribution < -0.4 is 11.1 Å². The second kappa shape index (κ2) is 3.26. The van der Waals surface area contributed by atoms with Gasteiger partial charge in [0.05, 0.1) is 11.4 Å². The number of rotatable bonds is 1. The fourth-order valence-corrected chi connectivity index (χ4v) is 0.901. The van der Waals surface area contributed by atoms with Crippen LogP contribution >= 0.6 is 0 Å². The normalized spacial score (nSPS) is 9.50. The van der Waals surface area contributed by atoms with E-state index in [9.17, 15) is 4.79 Å². The molecule has 1 radical (unpaired) electrons. The number of nitrogens with one attached hydrogen (secondary N) is 1. The van der Waals surface area contributed by atoms with E-state index in [0.29, 0.717) is 11.4 Å². The van der Waals surface area contributed by atoms with Crippen molar-refractivity contribution >= 4 is 17.3 Å². The Morgan fingerprint density at radius 1 is 1.58 bits per heavy atom. The van der Waals surface area contributed by atoms with Gasteiger partial charge >= 0.3 is 0 Å². The van der Waals surface area contributed by atoms with Gasteiger partial charge in [0, 0.05) is 6.92 Å². The lowest BCUT2D eigenvalue weighted by Crippen LogP contribution is -2.07. The number of amides is 1. The van der Waals surface area contributed by atoms with Crippen molar-refractivity contribution in [2.75, 3.05) is 11.1 Å². The van der Waals surface area contributed by atoms with Gasteiger partial charge in [-0.05, 0) is 24.6 Å². The molecule has 3 N–H and O–H groups in total. The van der Waals surface area contributed by atoms with Crippen molar-refractivity contribution in [3.05, 3.63) is 30.7 Å². The number of anilines is 2. The van der Waals surface area contributed by atoms with E-state index in [4.69, 9.17) is 5.73 Å². The molecule has 0 bridgehead atoms. The summed E-state index contributed by atoms with van der Waals surface area (Å²) in [6.45, 7) is 5.16. The van der Waals surface area contributed by atoms with E-state index in [1.165, 1.54) is 6.92 Å². The quantitative estimate of drug-likeness (QED) is 0.615. The third-order valence-corrected chi connectivity index (χ3v) is 1.43. The summed E-state index contributed by atoms with van der Waals surface area (Å²) in [7, 11) is 0. The molecule has 0 aliphatic carbocycles. The molecular weight excluding hydrogens is 152 g/mol. The van der Waals surface area contributed by atoms with Gasteiger partial charge in [-0.15, -0.1) is 0 Å². The van der Waals surface area contributed by atoms with Crippen LogP contribution in [0.3, 0.4) is 0 Å². The lowest BCUT2D eigenvalue weighted by Gasteiger charge is -2.06. The van der Waals surface area contributed by atoms with Gasteiger partial charge in [-0.1, -0.05) is 6.07 Å². The largest absolute Gasteiger partial charge is 0.397 e. The number of hydrogen-bond acceptors (Lipinski definition) is 2. The van der Waals surface area contributed by atoms with Crippen molar-refractivity contribution in [2.45, 2.75) is 6.92 Å². The van der Waals surface area contributed by atoms with Crippen LogP contribution in [0.15, 0.2) is 18.2 Å². The summed E-state index contributed by atoms with van der Waals surface area (Å²) in [4.78, 5) is 10.7. The van der Waals surface area contributed by atoms with Crippen LogP contribution in [0, 0.1) is 6.92 Å². The minimum atomic E-state index is -0.132. The molecule has 0 saturated carbocycles. The first kappa shape index (κ1) is 8.59. The first-order valence-electron chi connectivity index (χ1n) is 3.58. The highest BCUT2D eigenvalue weighted by molar-refractivity contribution is 5.92. The Bertz CT molecular complexity index is 307. The zero-order chi connectivity index (χ0) is 9.14. The molecule has 1 aromatic carbocycles. The van der Waals surface area contributed by atoms with Gasteiger partial charge in [0.2, 0.25) is 5.91 Å². The summed E-state index contributed by atoms with van der Waals surface area (Å²) in [6.07, 6.45) is 0. The highest BCUT2D eigenvalue weighted by atomic mass is 16.1. The molecular formula is C9H11N2O. The average Bonchev–Trinajstić information content (AvgIpc) is 1.96. The van der Waals surface area contributed by atoms with Crippen LogP contribution in [-0.4, -0.2) is 5.91 Å². The number of nitrogen functional groups attached to an aromatic ring is 1. The SMILES string of the molecule is [CH2]c1ccc(N)c(NC(C)=O)c1. The fourth-order valence-electron chi connectivity index (χ4n) is 0.901. The first-order chi connectivity index (χ1) is 5.59. The standard InChI is InChI=1S/C9H11N2O/c1-6-3-4-8(10)9(5-6)11-7(2)12/h3-5H,1,10H2,2H3,(H,11,12). The van der Waals surface area contributed by atoms with Gasteiger partial charge in [-0.2, -0.15) is 0 Å². The first-order valence-corrected chi connectivity index (χ1v) is 3.58. The molecule has 0 saturated heterocycles. The maximum atomic E-state index is 10.7. The average molecular weight is 163 g/mol. The van der Waals surface area contributed by atoms with Crippen LogP contribution in [0.25, 0.3) is 0 Å². The zero-order valence-corrected chi connectivity index (χ0v) is 6.92. The molecule has 0 aliphatic rings. The third-order valence-electron chi connectivity index (χ3n) is 1.43. The Labute approximate surface area is 71.6 Å². The van der Waals surface area contributed by atoms with Crippen LogP contribution in [0.4, 0.5) is 11.4 Å². The topological polar surface area (TPSA) is 55.1 Å². The van der Waals surface area contributed by atoms with E-state index in [-0.39, 0.29) is 5.91 Å². The summed E-state index contributed by atoms with van der Waals surface area (Å²) < 4.78 is 0. The van der Waals surface area contributed by atoms with Crippen molar-refractivity contribution in [3.63, 3.8) is 0 Å². The van der Waals surface area contributed by atoms with Gasteiger partial charge in [-0.3, -0.25) is 4.79 Å². The monoisotopic (exact) mass is 163 g/mol. The van der Waals surface area contributed by atoms with Crippen LogP contribution in [0.5, 0.6) is 0 Å². The smallest absolute Gasteiger partial charge is 0.221 e. The van der Waals surface area contributed by atoms with Crippen LogP contribution in [-0.2, 0) is 4.79 Å². The molecule has 0 aromatic heterocycles. The number of nitrogens with two attached hydrogens (primary N) is 1. The third kappa shape index (κ3) is 1.99. The van der Waals surface area contributed by atoms with Crippen molar-refractivity contribution in [2.24, 2.45) is 0 Å². The molecule has 1 rings (SSSR count). The van der Waals surface area contributed by atoms with E-state index in [2.05, 4.69) is 12.2 Å². The summed E-state index contributed by atoms with van der Waals surface area (Å²) >= 11 is 0. The zero-order valence-electron chi connectivity index (χ0n) is 6.92. The Morgan fingerprint density at radius 2 is 2.25 bits per heavy atom. The molecule has 0 unspecified atom stereocenters. The van der Waals surface area contributed by atoms with Crippen LogP contribution in [0.1, 0.15) is 12.5 Å². The molecule has 0 fully saturated rings. The molecule has 1 amide bonds. The maximum Gasteiger partial charge on any atom is 0.221 e. The van der Waals surface area contributed by atoms with E-state index in [1.54, 1.807) is 18.2 Å². The fraction of sp³-hybridized carbons (Fsp3) is 0.111. The molecule has 0 heterocycles. The summed E-state index contributed by atoms with van der Waals surface area (Å²) in [5.41, 5.74) is 7.60. The number of benzene rings is 1. The lowest BCUT2D eigenvalue weighted by molar-refractivity contribution is -0.114. The predicted octanol–water partition coefficient (Wildman–Crippen LogP) is 1.41. The number of hydrogen-bond donors (Lipinski definition) is 2. The van der Waals surface area contributed by atoms with Crippen molar-refractivity contribution < 1.29 is 4.79 Å². The van der Waals surface area contributed by atoms with E-state index < -0.39 is 0 Å². The highest BCUT2D eigenvalue weighted by Gasteiger charge is 1.99. The molecule has 0 spiro atoms. The lowest BCUT2D eigenvalue weighted by atomic mass is 10.2. The molecule has 0 atom stereocenters. The van der Waals surface area contributed by atoms with Crippen molar-refractivity contribution in [1.82, 2.24) is 0 Å². The van der Waals surface area contributed by atoms with Gasteiger partial charge in [0.25, 0.3) is 0 Å².